The Kier molecular flexibility index (Phi) is 7.19. The number of nitrogens with zero attached hydrogens (tertiary/aromatic N) is 1. The van der Waals surface area contributed by atoms with Gasteiger partial charge in [-0.15, -0.1) is 11.8 Å². The second-order valence-corrected chi connectivity index (χ2v) is 4.63. The van der Waals surface area contributed by atoms with Crippen LogP contribution in [0.1, 0.15) is 11.3 Å². The number of ether oxygens (including phenoxy) is 2. The summed E-state index contributed by atoms with van der Waals surface area (Å²) < 4.78 is 10.3. The normalized spacial score (nSPS) is 10.8. The number of pyridine rings is 1. The van der Waals surface area contributed by atoms with Gasteiger partial charge in [-0.1, -0.05) is 0 Å². The zero-order chi connectivity index (χ0) is 12.5. The standard InChI is InChI=1S/C12H19NO3S/c1-10-11(9-14)13-4-3-12(10)17-8-7-16-6-5-15-2/h3-4,14H,5-9H2,1-2H3. The molecular formula is C12H19NO3S. The molecule has 0 spiro atoms. The van der Waals surface area contributed by atoms with Gasteiger partial charge in [0.1, 0.15) is 0 Å². The summed E-state index contributed by atoms with van der Waals surface area (Å²) in [6, 6.07) is 1.97. The molecule has 0 aromatic carbocycles. The van der Waals surface area contributed by atoms with Crippen molar-refractivity contribution in [2.75, 3.05) is 32.7 Å². The van der Waals surface area contributed by atoms with E-state index in [1.807, 2.05) is 13.0 Å². The van der Waals surface area contributed by atoms with Gasteiger partial charge in [0.25, 0.3) is 0 Å². The van der Waals surface area contributed by atoms with Crippen LogP contribution in [0.15, 0.2) is 17.2 Å². The molecule has 0 saturated heterocycles. The van der Waals surface area contributed by atoms with Gasteiger partial charge in [-0.25, -0.2) is 0 Å². The zero-order valence-electron chi connectivity index (χ0n) is 10.3. The van der Waals surface area contributed by atoms with Crippen molar-refractivity contribution in [3.05, 3.63) is 23.5 Å². The molecule has 5 heteroatoms. The molecule has 0 amide bonds. The zero-order valence-corrected chi connectivity index (χ0v) is 11.1. The van der Waals surface area contributed by atoms with Crippen LogP contribution in [0.3, 0.4) is 0 Å². The van der Waals surface area contributed by atoms with Gasteiger partial charge in [-0.2, -0.15) is 0 Å². The Balaban J connectivity index is 2.31. The minimum Gasteiger partial charge on any atom is -0.390 e. The third-order valence-electron chi connectivity index (χ3n) is 2.33. The molecular weight excluding hydrogens is 238 g/mol. The molecule has 96 valence electrons. The van der Waals surface area contributed by atoms with Crippen LogP contribution in [-0.2, 0) is 16.1 Å². The lowest BCUT2D eigenvalue weighted by Crippen LogP contribution is -2.04. The molecule has 1 heterocycles. The second-order valence-electron chi connectivity index (χ2n) is 3.49. The Hall–Kier alpha value is -0.620. The van der Waals surface area contributed by atoms with Crippen molar-refractivity contribution in [3.8, 4) is 0 Å². The fraction of sp³-hybridized carbons (Fsp3) is 0.583. The molecule has 0 aliphatic heterocycles. The molecule has 0 atom stereocenters. The summed E-state index contributed by atoms with van der Waals surface area (Å²) in [6.07, 6.45) is 1.73. The van der Waals surface area contributed by atoms with E-state index in [4.69, 9.17) is 14.6 Å². The number of thioether (sulfide) groups is 1. The highest BCUT2D eigenvalue weighted by atomic mass is 32.2. The van der Waals surface area contributed by atoms with Crippen LogP contribution in [0.5, 0.6) is 0 Å². The first-order chi connectivity index (χ1) is 8.29. The summed E-state index contributed by atoms with van der Waals surface area (Å²) >= 11 is 1.72. The molecule has 1 rings (SSSR count). The van der Waals surface area contributed by atoms with Gasteiger partial charge in [0.15, 0.2) is 0 Å². The lowest BCUT2D eigenvalue weighted by atomic mass is 10.2. The number of aliphatic hydroxyl groups excluding tert-OH is 1. The molecule has 0 unspecified atom stereocenters. The summed E-state index contributed by atoms with van der Waals surface area (Å²) in [5.74, 6) is 0.888. The van der Waals surface area contributed by atoms with E-state index in [0.29, 0.717) is 19.8 Å². The second kappa shape index (κ2) is 8.47. The maximum atomic E-state index is 9.10. The van der Waals surface area contributed by atoms with Gasteiger partial charge in [0.05, 0.1) is 32.1 Å². The lowest BCUT2D eigenvalue weighted by molar-refractivity contribution is 0.0790. The summed E-state index contributed by atoms with van der Waals surface area (Å²) in [7, 11) is 1.66. The van der Waals surface area contributed by atoms with Gasteiger partial charge < -0.3 is 14.6 Å². The highest BCUT2D eigenvalue weighted by molar-refractivity contribution is 7.99. The topological polar surface area (TPSA) is 51.6 Å². The van der Waals surface area contributed by atoms with Crippen LogP contribution in [0, 0.1) is 6.92 Å². The van der Waals surface area contributed by atoms with Crippen molar-refractivity contribution >= 4 is 11.8 Å². The molecule has 1 N–H and O–H groups in total. The highest BCUT2D eigenvalue weighted by Crippen LogP contribution is 2.23. The quantitative estimate of drug-likeness (QED) is 0.567. The largest absolute Gasteiger partial charge is 0.390 e. The van der Waals surface area contributed by atoms with Crippen LogP contribution < -0.4 is 0 Å². The molecule has 1 aromatic heterocycles. The van der Waals surface area contributed by atoms with E-state index in [-0.39, 0.29) is 6.61 Å². The average molecular weight is 257 g/mol. The summed E-state index contributed by atoms with van der Waals surface area (Å²) in [5.41, 5.74) is 1.80. The van der Waals surface area contributed by atoms with Crippen LogP contribution in [0.4, 0.5) is 0 Å². The van der Waals surface area contributed by atoms with Gasteiger partial charge in [0.2, 0.25) is 0 Å². The molecule has 1 aromatic rings. The molecule has 0 aliphatic rings. The van der Waals surface area contributed by atoms with Crippen LogP contribution >= 0.6 is 11.8 Å². The summed E-state index contributed by atoms with van der Waals surface area (Å²) in [6.45, 7) is 3.93. The van der Waals surface area contributed by atoms with Crippen LogP contribution in [-0.4, -0.2) is 42.8 Å². The van der Waals surface area contributed by atoms with Crippen molar-refractivity contribution in [1.29, 1.82) is 0 Å². The third-order valence-corrected chi connectivity index (χ3v) is 3.45. The first kappa shape index (κ1) is 14.4. The van der Waals surface area contributed by atoms with Crippen molar-refractivity contribution in [2.24, 2.45) is 0 Å². The van der Waals surface area contributed by atoms with E-state index in [9.17, 15) is 0 Å². The molecule has 0 bridgehead atoms. The van der Waals surface area contributed by atoms with Gasteiger partial charge >= 0.3 is 0 Å². The van der Waals surface area contributed by atoms with Crippen LogP contribution in [0.25, 0.3) is 0 Å². The molecule has 0 aliphatic carbocycles. The number of methoxy groups -OCH3 is 1. The number of rotatable bonds is 8. The first-order valence-corrected chi connectivity index (χ1v) is 6.53. The first-order valence-electron chi connectivity index (χ1n) is 5.54. The molecule has 0 saturated carbocycles. The summed E-state index contributed by atoms with van der Waals surface area (Å²) in [4.78, 5) is 5.27. The summed E-state index contributed by atoms with van der Waals surface area (Å²) in [5, 5.41) is 9.10. The van der Waals surface area contributed by atoms with Crippen LogP contribution in [0.2, 0.25) is 0 Å². The predicted octanol–water partition coefficient (Wildman–Crippen LogP) is 1.64. The van der Waals surface area contributed by atoms with E-state index in [1.54, 1.807) is 25.1 Å². The Morgan fingerprint density at radius 3 is 2.88 bits per heavy atom. The van der Waals surface area contributed by atoms with E-state index in [2.05, 4.69) is 4.98 Å². The fourth-order valence-corrected chi connectivity index (χ4v) is 2.24. The number of hydrogen-bond donors (Lipinski definition) is 1. The number of hydrogen-bond acceptors (Lipinski definition) is 5. The Labute approximate surface area is 106 Å². The predicted molar refractivity (Wildman–Crippen MR) is 68.3 cm³/mol. The third kappa shape index (κ3) is 5.04. The Morgan fingerprint density at radius 1 is 1.35 bits per heavy atom. The Bertz CT molecular complexity index is 334. The van der Waals surface area contributed by atoms with Gasteiger partial charge in [-0.3, -0.25) is 4.98 Å². The molecule has 17 heavy (non-hydrogen) atoms. The fourth-order valence-electron chi connectivity index (χ4n) is 1.33. The number of aliphatic hydroxyl groups is 1. The van der Waals surface area contributed by atoms with Crippen molar-refractivity contribution in [3.63, 3.8) is 0 Å². The van der Waals surface area contributed by atoms with E-state index in [1.165, 1.54) is 0 Å². The molecule has 4 nitrogen and oxygen atoms in total. The maximum Gasteiger partial charge on any atom is 0.0856 e. The van der Waals surface area contributed by atoms with Gasteiger partial charge in [0, 0.05) is 24.0 Å². The average Bonchev–Trinajstić information content (AvgIpc) is 2.35. The smallest absolute Gasteiger partial charge is 0.0856 e. The monoisotopic (exact) mass is 257 g/mol. The van der Waals surface area contributed by atoms with E-state index in [0.717, 1.165) is 21.9 Å². The minimum atomic E-state index is -0.00935. The molecule has 0 fully saturated rings. The molecule has 0 radical (unpaired) electrons. The highest BCUT2D eigenvalue weighted by Gasteiger charge is 2.04. The van der Waals surface area contributed by atoms with E-state index >= 15 is 0 Å². The van der Waals surface area contributed by atoms with Gasteiger partial charge in [-0.05, 0) is 18.6 Å². The minimum absolute atomic E-state index is 0.00935. The van der Waals surface area contributed by atoms with Crippen molar-refractivity contribution in [1.82, 2.24) is 4.98 Å². The van der Waals surface area contributed by atoms with Crippen molar-refractivity contribution in [2.45, 2.75) is 18.4 Å². The maximum absolute atomic E-state index is 9.10. The van der Waals surface area contributed by atoms with E-state index < -0.39 is 0 Å². The lowest BCUT2D eigenvalue weighted by Gasteiger charge is -2.08. The van der Waals surface area contributed by atoms with Crippen molar-refractivity contribution < 1.29 is 14.6 Å². The Morgan fingerprint density at radius 2 is 2.18 bits per heavy atom. The SMILES string of the molecule is COCCOCCSc1ccnc(CO)c1C. The number of aromatic nitrogens is 1.